The molecule has 64 valence electrons. The normalized spacial score (nSPS) is 11.2. The number of carboxylic acid groups (broad SMARTS) is 1. The fraction of sp³-hybridized carbons (Fsp3) is 0.667. The highest BCUT2D eigenvalue weighted by Crippen LogP contribution is 2.04. The summed E-state index contributed by atoms with van der Waals surface area (Å²) in [5.74, 6) is -1.25. The van der Waals surface area contributed by atoms with E-state index in [9.17, 15) is 9.59 Å². The number of carbonyl (C=O) groups is 1. The van der Waals surface area contributed by atoms with Crippen LogP contribution in [0.25, 0.3) is 0 Å². The Labute approximate surface area is 64.1 Å². The van der Waals surface area contributed by atoms with Crippen LogP contribution in [0.3, 0.4) is 0 Å². The lowest BCUT2D eigenvalue weighted by molar-refractivity contribution is -0.139. The van der Waals surface area contributed by atoms with Gasteiger partial charge in [0.2, 0.25) is 6.08 Å². The Morgan fingerprint density at radius 3 is 2.09 bits per heavy atom. The number of isocyanates is 1. The summed E-state index contributed by atoms with van der Waals surface area (Å²) in [6.45, 7) is 3.36. The minimum Gasteiger partial charge on any atom is -0.480 e. The van der Waals surface area contributed by atoms with Gasteiger partial charge in [-0.1, -0.05) is 13.8 Å². The van der Waals surface area contributed by atoms with Crippen molar-refractivity contribution in [2.24, 2.45) is 10.9 Å². The Kier molecular flexibility index (Phi) is 6.34. The van der Waals surface area contributed by atoms with Gasteiger partial charge >= 0.3 is 5.97 Å². The first-order valence-electron chi connectivity index (χ1n) is 2.89. The third-order valence-corrected chi connectivity index (χ3v) is 1.08. The molecule has 5 nitrogen and oxygen atoms in total. The van der Waals surface area contributed by atoms with Crippen LogP contribution in [0.15, 0.2) is 4.99 Å². The third kappa shape index (κ3) is 4.25. The van der Waals surface area contributed by atoms with Crippen molar-refractivity contribution < 1.29 is 20.2 Å². The molecule has 0 saturated carbocycles. The molecule has 11 heavy (non-hydrogen) atoms. The summed E-state index contributed by atoms with van der Waals surface area (Å²) in [6.07, 6.45) is 1.22. The Hall–Kier alpha value is -1.19. The van der Waals surface area contributed by atoms with Gasteiger partial charge in [0.05, 0.1) is 0 Å². The van der Waals surface area contributed by atoms with E-state index in [2.05, 4.69) is 4.99 Å². The molecule has 0 aliphatic heterocycles. The molecule has 0 aromatic carbocycles. The fourth-order valence-corrected chi connectivity index (χ4v) is 0.546. The van der Waals surface area contributed by atoms with E-state index in [1.807, 2.05) is 0 Å². The van der Waals surface area contributed by atoms with Gasteiger partial charge in [-0.2, -0.15) is 4.99 Å². The van der Waals surface area contributed by atoms with Gasteiger partial charge < -0.3 is 10.6 Å². The molecule has 0 aromatic rings. The van der Waals surface area contributed by atoms with Crippen molar-refractivity contribution in [2.75, 3.05) is 0 Å². The van der Waals surface area contributed by atoms with Gasteiger partial charge in [0.25, 0.3) is 0 Å². The highest BCUT2D eigenvalue weighted by molar-refractivity contribution is 5.74. The van der Waals surface area contributed by atoms with E-state index < -0.39 is 12.0 Å². The van der Waals surface area contributed by atoms with Crippen LogP contribution in [0.4, 0.5) is 0 Å². The molecular weight excluding hydrogens is 150 g/mol. The van der Waals surface area contributed by atoms with Crippen molar-refractivity contribution in [3.05, 3.63) is 0 Å². The summed E-state index contributed by atoms with van der Waals surface area (Å²) in [5, 5.41) is 8.40. The molecule has 0 saturated heterocycles. The molecule has 1 unspecified atom stereocenters. The van der Waals surface area contributed by atoms with Crippen molar-refractivity contribution in [3.8, 4) is 0 Å². The SMILES string of the molecule is CC(C)C(N=C=O)C(=O)O.O. The van der Waals surface area contributed by atoms with E-state index in [-0.39, 0.29) is 11.4 Å². The topological polar surface area (TPSA) is 98.2 Å². The maximum absolute atomic E-state index is 10.3. The zero-order valence-corrected chi connectivity index (χ0v) is 6.37. The van der Waals surface area contributed by atoms with Gasteiger partial charge in [-0.3, -0.25) is 0 Å². The number of aliphatic imine (C=N–C) groups is 1. The van der Waals surface area contributed by atoms with Crippen LogP contribution in [-0.2, 0) is 9.59 Å². The number of rotatable bonds is 3. The van der Waals surface area contributed by atoms with Crippen molar-refractivity contribution in [1.82, 2.24) is 0 Å². The molecule has 0 aliphatic rings. The number of carbonyl (C=O) groups excluding carboxylic acids is 1. The molecule has 5 heteroatoms. The Balaban J connectivity index is 0. The van der Waals surface area contributed by atoms with E-state index in [1.54, 1.807) is 13.8 Å². The molecular formula is C6H11NO4. The minimum absolute atomic E-state index is 0. The van der Waals surface area contributed by atoms with Crippen molar-refractivity contribution in [2.45, 2.75) is 19.9 Å². The summed E-state index contributed by atoms with van der Waals surface area (Å²) in [7, 11) is 0. The molecule has 0 rings (SSSR count). The fourth-order valence-electron chi connectivity index (χ4n) is 0.546. The maximum Gasteiger partial charge on any atom is 0.329 e. The minimum atomic E-state index is -1.08. The summed E-state index contributed by atoms with van der Waals surface area (Å²) < 4.78 is 0. The summed E-state index contributed by atoms with van der Waals surface area (Å²) in [6, 6.07) is -0.947. The molecule has 3 N–H and O–H groups in total. The van der Waals surface area contributed by atoms with E-state index in [1.165, 1.54) is 6.08 Å². The number of aliphatic carboxylic acids is 1. The molecule has 0 radical (unpaired) electrons. The van der Waals surface area contributed by atoms with Gasteiger partial charge in [-0.05, 0) is 5.92 Å². The molecule has 1 atom stereocenters. The van der Waals surface area contributed by atoms with Crippen LogP contribution in [0.5, 0.6) is 0 Å². The largest absolute Gasteiger partial charge is 0.480 e. The van der Waals surface area contributed by atoms with Crippen LogP contribution in [-0.4, -0.2) is 28.7 Å². The first-order valence-corrected chi connectivity index (χ1v) is 2.89. The van der Waals surface area contributed by atoms with Gasteiger partial charge in [-0.15, -0.1) is 0 Å². The zero-order chi connectivity index (χ0) is 8.15. The predicted molar refractivity (Wildman–Crippen MR) is 38.0 cm³/mol. The van der Waals surface area contributed by atoms with Gasteiger partial charge in [0.15, 0.2) is 6.04 Å². The summed E-state index contributed by atoms with van der Waals surface area (Å²) >= 11 is 0. The average Bonchev–Trinajstić information content (AvgIpc) is 1.81. The van der Waals surface area contributed by atoms with E-state index >= 15 is 0 Å². The number of hydrogen-bond acceptors (Lipinski definition) is 3. The molecule has 0 spiro atoms. The monoisotopic (exact) mass is 161 g/mol. The van der Waals surface area contributed by atoms with Crippen molar-refractivity contribution >= 4 is 12.0 Å². The highest BCUT2D eigenvalue weighted by atomic mass is 16.4. The summed E-state index contributed by atoms with van der Waals surface area (Å²) in [4.78, 5) is 23.0. The van der Waals surface area contributed by atoms with Crippen LogP contribution < -0.4 is 0 Å². The lowest BCUT2D eigenvalue weighted by Crippen LogP contribution is -2.23. The van der Waals surface area contributed by atoms with Crippen LogP contribution >= 0.6 is 0 Å². The summed E-state index contributed by atoms with van der Waals surface area (Å²) in [5.41, 5.74) is 0. The van der Waals surface area contributed by atoms with Crippen LogP contribution in [0.1, 0.15) is 13.8 Å². The smallest absolute Gasteiger partial charge is 0.329 e. The first-order chi connectivity index (χ1) is 4.59. The molecule has 0 fully saturated rings. The second-order valence-corrected chi connectivity index (χ2v) is 2.25. The molecule has 0 bridgehead atoms. The molecule has 0 aliphatic carbocycles. The maximum atomic E-state index is 10.3. The van der Waals surface area contributed by atoms with Crippen molar-refractivity contribution in [1.29, 1.82) is 0 Å². The molecule has 0 aromatic heterocycles. The molecule has 0 heterocycles. The standard InChI is InChI=1S/C6H9NO3.H2O/c1-4(2)5(6(9)10)7-3-8;/h4-5H,1-2H3,(H,9,10);1H2. The van der Waals surface area contributed by atoms with Gasteiger partial charge in [0.1, 0.15) is 0 Å². The lowest BCUT2D eigenvalue weighted by Gasteiger charge is -2.07. The highest BCUT2D eigenvalue weighted by Gasteiger charge is 2.19. The number of nitrogens with zero attached hydrogens (tertiary/aromatic N) is 1. The molecule has 0 amide bonds. The lowest BCUT2D eigenvalue weighted by atomic mass is 10.1. The third-order valence-electron chi connectivity index (χ3n) is 1.08. The predicted octanol–water partition coefficient (Wildman–Crippen LogP) is -0.393. The Morgan fingerprint density at radius 2 is 2.00 bits per heavy atom. The Bertz CT molecular complexity index is 169. The second-order valence-electron chi connectivity index (χ2n) is 2.25. The number of hydrogen-bond donors (Lipinski definition) is 1. The van der Waals surface area contributed by atoms with Crippen LogP contribution in [0, 0.1) is 5.92 Å². The quantitative estimate of drug-likeness (QED) is 0.450. The number of carboxylic acids is 1. The Morgan fingerprint density at radius 1 is 1.55 bits per heavy atom. The second kappa shape index (κ2) is 5.58. The van der Waals surface area contributed by atoms with Crippen molar-refractivity contribution in [3.63, 3.8) is 0 Å². The van der Waals surface area contributed by atoms with Crippen LogP contribution in [0.2, 0.25) is 0 Å². The van der Waals surface area contributed by atoms with E-state index in [0.29, 0.717) is 0 Å². The zero-order valence-electron chi connectivity index (χ0n) is 6.37. The van der Waals surface area contributed by atoms with E-state index in [4.69, 9.17) is 5.11 Å². The van der Waals surface area contributed by atoms with Gasteiger partial charge in [-0.25, -0.2) is 9.59 Å². The van der Waals surface area contributed by atoms with Gasteiger partial charge in [0, 0.05) is 0 Å². The average molecular weight is 161 g/mol. The van der Waals surface area contributed by atoms with E-state index in [0.717, 1.165) is 0 Å². The first kappa shape index (κ1) is 12.5.